The molecule has 0 aromatic heterocycles. The number of methoxy groups -OCH3 is 1. The number of esters is 1. The minimum atomic E-state index is -1.59. The molecular weight excluding hydrogens is 252 g/mol. The second kappa shape index (κ2) is 5.63. The van der Waals surface area contributed by atoms with E-state index in [0.29, 0.717) is 0 Å². The highest BCUT2D eigenvalue weighted by Gasteiger charge is 2.48. The van der Waals surface area contributed by atoms with Crippen LogP contribution in [-0.2, 0) is 19.1 Å². The van der Waals surface area contributed by atoms with Crippen molar-refractivity contribution in [3.63, 3.8) is 0 Å². The first-order chi connectivity index (χ1) is 8.86. The smallest absolute Gasteiger partial charge is 0.308 e. The molecule has 19 heavy (non-hydrogen) atoms. The van der Waals surface area contributed by atoms with Gasteiger partial charge < -0.3 is 15.2 Å². The quantitative estimate of drug-likeness (QED) is 0.637. The molecule has 0 bridgehead atoms. The van der Waals surface area contributed by atoms with E-state index in [4.69, 9.17) is 5.26 Å². The molecule has 102 valence electrons. The van der Waals surface area contributed by atoms with E-state index in [1.807, 2.05) is 0 Å². The van der Waals surface area contributed by atoms with E-state index in [0.717, 1.165) is 6.08 Å². The molecule has 0 heterocycles. The number of amides is 1. The van der Waals surface area contributed by atoms with E-state index in [-0.39, 0.29) is 6.42 Å². The van der Waals surface area contributed by atoms with Crippen LogP contribution in [0.1, 0.15) is 13.3 Å². The third-order valence-corrected chi connectivity index (χ3v) is 2.92. The summed E-state index contributed by atoms with van der Waals surface area (Å²) in [7, 11) is 1.17. The Labute approximate surface area is 109 Å². The number of aliphatic hydroxyl groups excluding tert-OH is 1. The summed E-state index contributed by atoms with van der Waals surface area (Å²) in [6, 6.07) is 1.77. The molecule has 2 N–H and O–H groups in total. The van der Waals surface area contributed by atoms with Gasteiger partial charge in [-0.3, -0.25) is 14.4 Å². The van der Waals surface area contributed by atoms with E-state index >= 15 is 0 Å². The van der Waals surface area contributed by atoms with Gasteiger partial charge in [-0.2, -0.15) is 5.26 Å². The van der Waals surface area contributed by atoms with Crippen molar-refractivity contribution in [1.29, 1.82) is 5.26 Å². The number of ether oxygens (including phenoxy) is 1. The molecule has 0 spiro atoms. The lowest BCUT2D eigenvalue weighted by Crippen LogP contribution is -2.59. The molecule has 7 heteroatoms. The number of rotatable bonds is 3. The first kappa shape index (κ1) is 14.9. The van der Waals surface area contributed by atoms with Crippen LogP contribution in [-0.4, -0.2) is 41.5 Å². The van der Waals surface area contributed by atoms with Crippen molar-refractivity contribution in [2.45, 2.75) is 25.0 Å². The maximum Gasteiger partial charge on any atom is 0.308 e. The Bertz CT molecular complexity index is 479. The minimum Gasteiger partial charge on any atom is -0.469 e. The van der Waals surface area contributed by atoms with Gasteiger partial charge in [-0.15, -0.1) is 0 Å². The van der Waals surface area contributed by atoms with Gasteiger partial charge in [0.2, 0.25) is 5.91 Å². The molecule has 7 nitrogen and oxygen atoms in total. The lowest BCUT2D eigenvalue weighted by molar-refractivity contribution is -0.144. The molecule has 0 unspecified atom stereocenters. The lowest BCUT2D eigenvalue weighted by atomic mass is 9.73. The van der Waals surface area contributed by atoms with E-state index in [1.54, 1.807) is 6.07 Å². The van der Waals surface area contributed by atoms with Crippen LogP contribution in [0.25, 0.3) is 0 Å². The van der Waals surface area contributed by atoms with Gasteiger partial charge in [-0.25, -0.2) is 0 Å². The van der Waals surface area contributed by atoms with Gasteiger partial charge in [0.25, 0.3) is 0 Å². The Morgan fingerprint density at radius 2 is 2.26 bits per heavy atom. The monoisotopic (exact) mass is 266 g/mol. The average molecular weight is 266 g/mol. The molecule has 1 aliphatic carbocycles. The van der Waals surface area contributed by atoms with Crippen LogP contribution in [0, 0.1) is 17.2 Å². The standard InChI is InChI=1S/C12H14N2O5/c1-7(15)14-12(5-10(17)19-2)4-3-9(16)11(18)8(12)6-13/h3-4,8,11,18H,5H2,1-2H3,(H,14,15)/t8-,11+,12+/m0/s1. The van der Waals surface area contributed by atoms with Crippen LogP contribution < -0.4 is 5.32 Å². The first-order valence-corrected chi connectivity index (χ1v) is 5.52. The summed E-state index contributed by atoms with van der Waals surface area (Å²) in [5.41, 5.74) is -1.44. The normalized spacial score (nSPS) is 29.5. The van der Waals surface area contributed by atoms with Gasteiger partial charge in [-0.1, -0.05) is 6.08 Å². The molecule has 1 rings (SSSR count). The molecule has 1 amide bonds. The van der Waals surface area contributed by atoms with Crippen molar-refractivity contribution < 1.29 is 24.2 Å². The second-order valence-corrected chi connectivity index (χ2v) is 4.26. The summed E-state index contributed by atoms with van der Waals surface area (Å²) in [5, 5.41) is 21.3. The summed E-state index contributed by atoms with van der Waals surface area (Å²) in [4.78, 5) is 34.1. The van der Waals surface area contributed by atoms with Gasteiger partial charge in [0.15, 0.2) is 5.78 Å². The summed E-state index contributed by atoms with van der Waals surface area (Å²) in [6.45, 7) is 1.21. The highest BCUT2D eigenvalue weighted by molar-refractivity contribution is 5.96. The number of ketones is 1. The van der Waals surface area contributed by atoms with Gasteiger partial charge >= 0.3 is 5.97 Å². The Morgan fingerprint density at radius 1 is 1.63 bits per heavy atom. The molecular formula is C12H14N2O5. The molecule has 0 radical (unpaired) electrons. The number of aliphatic hydroxyl groups is 1. The van der Waals surface area contributed by atoms with Gasteiger partial charge in [0, 0.05) is 6.92 Å². The largest absolute Gasteiger partial charge is 0.469 e. The molecule has 1 aliphatic rings. The molecule has 0 aromatic rings. The summed E-state index contributed by atoms with van der Waals surface area (Å²) in [5.74, 6) is -3.05. The van der Waals surface area contributed by atoms with Crippen molar-refractivity contribution in [1.82, 2.24) is 5.32 Å². The third kappa shape index (κ3) is 2.98. The van der Waals surface area contributed by atoms with Crippen molar-refractivity contribution in [3.05, 3.63) is 12.2 Å². The Morgan fingerprint density at radius 3 is 2.74 bits per heavy atom. The SMILES string of the molecule is COC(=O)C[C@]1(NC(C)=O)C=CC(=O)[C@H](O)[C@@H]1C#N. The first-order valence-electron chi connectivity index (χ1n) is 5.52. The predicted molar refractivity (Wildman–Crippen MR) is 62.4 cm³/mol. The Kier molecular flexibility index (Phi) is 4.40. The second-order valence-electron chi connectivity index (χ2n) is 4.26. The highest BCUT2D eigenvalue weighted by Crippen LogP contribution is 2.31. The van der Waals surface area contributed by atoms with Crippen molar-refractivity contribution >= 4 is 17.7 Å². The van der Waals surface area contributed by atoms with E-state index < -0.39 is 35.2 Å². The number of carbonyl (C=O) groups excluding carboxylic acids is 3. The van der Waals surface area contributed by atoms with E-state index in [2.05, 4.69) is 10.1 Å². The molecule has 0 aliphatic heterocycles. The van der Waals surface area contributed by atoms with E-state index in [9.17, 15) is 19.5 Å². The number of nitriles is 1. The fourth-order valence-electron chi connectivity index (χ4n) is 2.04. The molecule has 0 saturated carbocycles. The predicted octanol–water partition coefficient (Wildman–Crippen LogP) is -0.936. The van der Waals surface area contributed by atoms with Crippen molar-refractivity contribution in [3.8, 4) is 6.07 Å². The van der Waals surface area contributed by atoms with Crippen LogP contribution in [0.3, 0.4) is 0 Å². The number of nitrogens with one attached hydrogen (secondary N) is 1. The zero-order chi connectivity index (χ0) is 14.6. The lowest BCUT2D eigenvalue weighted by Gasteiger charge is -2.38. The van der Waals surface area contributed by atoms with Crippen LogP contribution in [0.4, 0.5) is 0 Å². The summed E-state index contributed by atoms with van der Waals surface area (Å²) in [6.07, 6.45) is 0.375. The van der Waals surface area contributed by atoms with Crippen molar-refractivity contribution in [2.24, 2.45) is 5.92 Å². The Hall–Kier alpha value is -2.20. The number of hydrogen-bond acceptors (Lipinski definition) is 6. The van der Waals surface area contributed by atoms with Gasteiger partial charge in [0.05, 0.1) is 25.1 Å². The minimum absolute atomic E-state index is 0.345. The fourth-order valence-corrected chi connectivity index (χ4v) is 2.04. The Balaban J connectivity index is 3.24. The fraction of sp³-hybridized carbons (Fsp3) is 0.500. The number of hydrogen-bond donors (Lipinski definition) is 2. The molecule has 0 saturated heterocycles. The maximum absolute atomic E-state index is 11.4. The summed E-state index contributed by atoms with van der Waals surface area (Å²) >= 11 is 0. The van der Waals surface area contributed by atoms with Crippen LogP contribution >= 0.6 is 0 Å². The average Bonchev–Trinajstić information content (AvgIpc) is 2.34. The van der Waals surface area contributed by atoms with Crippen LogP contribution in [0.15, 0.2) is 12.2 Å². The van der Waals surface area contributed by atoms with Crippen LogP contribution in [0.5, 0.6) is 0 Å². The third-order valence-electron chi connectivity index (χ3n) is 2.92. The van der Waals surface area contributed by atoms with E-state index in [1.165, 1.54) is 20.1 Å². The van der Waals surface area contributed by atoms with Gasteiger partial charge in [-0.05, 0) is 6.08 Å². The molecule has 3 atom stereocenters. The highest BCUT2D eigenvalue weighted by atomic mass is 16.5. The maximum atomic E-state index is 11.4. The molecule has 0 aromatic carbocycles. The zero-order valence-electron chi connectivity index (χ0n) is 10.5. The zero-order valence-corrected chi connectivity index (χ0v) is 10.5. The topological polar surface area (TPSA) is 116 Å². The number of carbonyl (C=O) groups is 3. The summed E-state index contributed by atoms with van der Waals surface area (Å²) < 4.78 is 4.51. The van der Waals surface area contributed by atoms with Crippen molar-refractivity contribution in [2.75, 3.05) is 7.11 Å². The molecule has 0 fully saturated rings. The van der Waals surface area contributed by atoms with Crippen LogP contribution in [0.2, 0.25) is 0 Å². The van der Waals surface area contributed by atoms with Gasteiger partial charge in [0.1, 0.15) is 12.0 Å². The number of nitrogens with zero attached hydrogens (tertiary/aromatic N) is 1.